The van der Waals surface area contributed by atoms with E-state index in [2.05, 4.69) is 16.0 Å². The Balaban J connectivity index is 1.82. The van der Waals surface area contributed by atoms with Crippen LogP contribution in [0.5, 0.6) is 0 Å². The van der Waals surface area contributed by atoms with Crippen LogP contribution in [0, 0.1) is 13.8 Å². The number of carbonyl (C=O) groups excluding carboxylic acids is 2. The van der Waals surface area contributed by atoms with Crippen LogP contribution in [0.2, 0.25) is 0 Å². The van der Waals surface area contributed by atoms with Gasteiger partial charge in [-0.1, -0.05) is 29.8 Å². The lowest BCUT2D eigenvalue weighted by Gasteiger charge is -2.35. The van der Waals surface area contributed by atoms with Crippen molar-refractivity contribution in [2.45, 2.75) is 26.8 Å². The van der Waals surface area contributed by atoms with Crippen molar-refractivity contribution in [2.24, 2.45) is 0 Å². The molecule has 0 bridgehead atoms. The van der Waals surface area contributed by atoms with Gasteiger partial charge in [-0.2, -0.15) is 0 Å². The number of anilines is 2. The Hall–Kier alpha value is -3.43. The largest absolute Gasteiger partial charge is 0.460 e. The number of nitrogens with one attached hydrogen (secondary N) is 3. The molecule has 0 aliphatic carbocycles. The van der Waals surface area contributed by atoms with Gasteiger partial charge in [-0.25, -0.2) is 9.59 Å². The van der Waals surface area contributed by atoms with Gasteiger partial charge in [-0.05, 0) is 62.3 Å². The summed E-state index contributed by atoms with van der Waals surface area (Å²) in [7, 11) is 3.34. The van der Waals surface area contributed by atoms with Crippen LogP contribution in [0.3, 0.4) is 0 Å². The van der Waals surface area contributed by atoms with E-state index in [0.717, 1.165) is 22.4 Å². The monoisotopic (exact) mass is 482 g/mol. The lowest BCUT2D eigenvalue weighted by atomic mass is 9.95. The van der Waals surface area contributed by atoms with Gasteiger partial charge < -0.3 is 30.3 Å². The average molecular weight is 483 g/mol. The summed E-state index contributed by atoms with van der Waals surface area (Å²) in [5.74, 6) is -0.452. The molecule has 0 saturated carbocycles. The molecular formula is C25H30N4O4S. The molecule has 0 saturated heterocycles. The fraction of sp³-hybridized carbons (Fsp3) is 0.320. The first-order chi connectivity index (χ1) is 16.2. The van der Waals surface area contributed by atoms with Crippen molar-refractivity contribution in [3.63, 3.8) is 0 Å². The maximum atomic E-state index is 12.9. The van der Waals surface area contributed by atoms with Gasteiger partial charge in [0, 0.05) is 31.2 Å². The van der Waals surface area contributed by atoms with E-state index in [4.69, 9.17) is 21.7 Å². The number of ether oxygens (including phenoxy) is 2. The Labute approximate surface area is 205 Å². The fourth-order valence-electron chi connectivity index (χ4n) is 3.68. The van der Waals surface area contributed by atoms with Crippen LogP contribution >= 0.6 is 12.2 Å². The minimum Gasteiger partial charge on any atom is -0.460 e. The first-order valence-electron chi connectivity index (χ1n) is 10.9. The zero-order valence-corrected chi connectivity index (χ0v) is 20.8. The lowest BCUT2D eigenvalue weighted by molar-refractivity contribution is -0.140. The third-order valence-electron chi connectivity index (χ3n) is 5.60. The number of thiocarbonyl (C=S) groups is 1. The van der Waals surface area contributed by atoms with Gasteiger partial charge in [0.2, 0.25) is 0 Å². The van der Waals surface area contributed by atoms with Gasteiger partial charge in [-0.15, -0.1) is 0 Å². The van der Waals surface area contributed by atoms with Crippen molar-refractivity contribution < 1.29 is 19.1 Å². The first kappa shape index (κ1) is 25.2. The second kappa shape index (κ2) is 11.1. The quantitative estimate of drug-likeness (QED) is 0.308. The van der Waals surface area contributed by atoms with E-state index >= 15 is 0 Å². The summed E-state index contributed by atoms with van der Waals surface area (Å²) in [6, 6.07) is 12.2. The molecule has 3 rings (SSSR count). The van der Waals surface area contributed by atoms with Gasteiger partial charge in [0.1, 0.15) is 6.61 Å². The molecule has 8 nitrogen and oxygen atoms in total. The van der Waals surface area contributed by atoms with Crippen LogP contribution in [0.4, 0.5) is 16.2 Å². The highest BCUT2D eigenvalue weighted by Gasteiger charge is 2.33. The molecule has 1 heterocycles. The fourth-order valence-corrected chi connectivity index (χ4v) is 3.93. The third kappa shape index (κ3) is 5.92. The summed E-state index contributed by atoms with van der Waals surface area (Å²) in [6.45, 7) is 6.22. The molecule has 0 spiro atoms. The minimum atomic E-state index is -0.525. The van der Waals surface area contributed by atoms with E-state index in [0.29, 0.717) is 28.7 Å². The number of esters is 1. The molecular weight excluding hydrogens is 452 g/mol. The molecule has 1 aliphatic rings. The molecule has 2 amide bonds. The molecule has 1 atom stereocenters. The van der Waals surface area contributed by atoms with Gasteiger partial charge in [0.15, 0.2) is 5.11 Å². The summed E-state index contributed by atoms with van der Waals surface area (Å²) in [4.78, 5) is 27.3. The SMILES string of the molecule is COCCOC(=O)C1=C(C)N(C)C(=S)NC1c1cccc(NC(=O)Nc2ccc(C)cc2C)c1. The highest BCUT2D eigenvalue weighted by atomic mass is 32.1. The average Bonchev–Trinajstić information content (AvgIpc) is 2.79. The Kier molecular flexibility index (Phi) is 8.25. The molecule has 1 aliphatic heterocycles. The van der Waals surface area contributed by atoms with Gasteiger partial charge >= 0.3 is 12.0 Å². The summed E-state index contributed by atoms with van der Waals surface area (Å²) < 4.78 is 10.4. The van der Waals surface area contributed by atoms with E-state index in [1.165, 1.54) is 0 Å². The maximum absolute atomic E-state index is 12.9. The number of rotatable bonds is 7. The Bertz CT molecular complexity index is 1130. The highest BCUT2D eigenvalue weighted by molar-refractivity contribution is 7.80. The number of methoxy groups -OCH3 is 1. The lowest BCUT2D eigenvalue weighted by Crippen LogP contribution is -2.46. The second-order valence-corrected chi connectivity index (χ2v) is 8.48. The third-order valence-corrected chi connectivity index (χ3v) is 5.99. The van der Waals surface area contributed by atoms with Crippen molar-refractivity contribution in [1.82, 2.24) is 10.2 Å². The van der Waals surface area contributed by atoms with E-state index in [-0.39, 0.29) is 12.6 Å². The van der Waals surface area contributed by atoms with E-state index < -0.39 is 12.0 Å². The van der Waals surface area contributed by atoms with Crippen molar-refractivity contribution in [3.05, 3.63) is 70.4 Å². The second-order valence-electron chi connectivity index (χ2n) is 8.09. The smallest absolute Gasteiger partial charge is 0.338 e. The van der Waals surface area contributed by atoms with E-state index in [1.807, 2.05) is 57.2 Å². The van der Waals surface area contributed by atoms with Crippen LogP contribution in [-0.2, 0) is 14.3 Å². The number of nitrogens with zero attached hydrogens (tertiary/aromatic N) is 1. The topological polar surface area (TPSA) is 91.9 Å². The van der Waals surface area contributed by atoms with Crippen LogP contribution in [0.1, 0.15) is 29.7 Å². The minimum absolute atomic E-state index is 0.146. The molecule has 0 radical (unpaired) electrons. The van der Waals surface area contributed by atoms with Gasteiger partial charge in [0.05, 0.1) is 18.2 Å². The molecule has 1 unspecified atom stereocenters. The number of hydrogen-bond acceptors (Lipinski definition) is 5. The van der Waals surface area contributed by atoms with Crippen LogP contribution in [-0.4, -0.2) is 49.4 Å². The molecule has 2 aromatic carbocycles. The number of amides is 2. The van der Waals surface area contributed by atoms with Crippen LogP contribution in [0.25, 0.3) is 0 Å². The number of aryl methyl sites for hydroxylation is 2. The predicted molar refractivity (Wildman–Crippen MR) is 137 cm³/mol. The normalized spacial score (nSPS) is 15.6. The molecule has 3 N–H and O–H groups in total. The highest BCUT2D eigenvalue weighted by Crippen LogP contribution is 2.32. The maximum Gasteiger partial charge on any atom is 0.338 e. The molecule has 0 fully saturated rings. The van der Waals surface area contributed by atoms with Crippen molar-refractivity contribution in [3.8, 4) is 0 Å². The Morgan fingerprint density at radius 2 is 1.85 bits per heavy atom. The molecule has 2 aromatic rings. The summed E-state index contributed by atoms with van der Waals surface area (Å²) >= 11 is 5.45. The number of urea groups is 1. The summed E-state index contributed by atoms with van der Waals surface area (Å²) in [6.07, 6.45) is 0. The number of allylic oxidation sites excluding steroid dienone is 1. The van der Waals surface area contributed by atoms with E-state index in [1.54, 1.807) is 25.1 Å². The van der Waals surface area contributed by atoms with Crippen molar-refractivity contribution in [2.75, 3.05) is 38.0 Å². The zero-order chi connectivity index (χ0) is 24.8. The van der Waals surface area contributed by atoms with Crippen LogP contribution in [0.15, 0.2) is 53.7 Å². The van der Waals surface area contributed by atoms with Gasteiger partial charge in [0.25, 0.3) is 0 Å². The van der Waals surface area contributed by atoms with Crippen LogP contribution < -0.4 is 16.0 Å². The molecule has 180 valence electrons. The molecule has 9 heteroatoms. The Morgan fingerprint density at radius 3 is 2.56 bits per heavy atom. The number of hydrogen-bond donors (Lipinski definition) is 3. The van der Waals surface area contributed by atoms with Crippen molar-refractivity contribution >= 4 is 40.7 Å². The van der Waals surface area contributed by atoms with Crippen molar-refractivity contribution in [1.29, 1.82) is 0 Å². The first-order valence-corrected chi connectivity index (χ1v) is 11.3. The summed E-state index contributed by atoms with van der Waals surface area (Å²) in [5.41, 5.74) is 5.33. The molecule has 0 aromatic heterocycles. The number of benzene rings is 2. The van der Waals surface area contributed by atoms with E-state index in [9.17, 15) is 9.59 Å². The number of carbonyl (C=O) groups is 2. The zero-order valence-electron chi connectivity index (χ0n) is 20.0. The molecule has 34 heavy (non-hydrogen) atoms. The Morgan fingerprint density at radius 1 is 1.09 bits per heavy atom. The summed E-state index contributed by atoms with van der Waals surface area (Å²) in [5, 5.41) is 9.43. The predicted octanol–water partition coefficient (Wildman–Crippen LogP) is 4.27. The van der Waals surface area contributed by atoms with Gasteiger partial charge in [-0.3, -0.25) is 0 Å². The standard InChI is InChI=1S/C25H30N4O4S/c1-15-9-10-20(16(2)13-15)27-24(31)26-19-8-6-7-18(14-19)22-21(23(30)33-12-11-32-5)17(3)29(4)25(34)28-22/h6-10,13-14,22H,11-12H2,1-5H3,(H,28,34)(H2,26,27,31).